The quantitative estimate of drug-likeness (QED) is 0.664. The number of carbonyl (C=O) groups excluding carboxylic acids is 1. The first-order valence-corrected chi connectivity index (χ1v) is 8.59. The smallest absolute Gasteiger partial charge is 0.145 e. The van der Waals surface area contributed by atoms with Gasteiger partial charge in [0.25, 0.3) is 0 Å². The number of aromatic nitrogens is 1. The van der Waals surface area contributed by atoms with E-state index in [9.17, 15) is 13.6 Å². The van der Waals surface area contributed by atoms with Crippen molar-refractivity contribution in [3.05, 3.63) is 57.3 Å². The fraction of sp³-hybridized carbons (Fsp3) is 0.368. The molecule has 134 valence electrons. The van der Waals surface area contributed by atoms with Gasteiger partial charge < -0.3 is 4.74 Å². The molecule has 0 unspecified atom stereocenters. The largest absolute Gasteiger partial charge is 0.496 e. The summed E-state index contributed by atoms with van der Waals surface area (Å²) >= 11 is 3.14. The molecular formula is C19H20BrF2NO2. The summed E-state index contributed by atoms with van der Waals surface area (Å²) in [6, 6.07) is 4.41. The third-order valence-electron chi connectivity index (χ3n) is 3.85. The van der Waals surface area contributed by atoms with Crippen molar-refractivity contribution in [2.24, 2.45) is 0 Å². The van der Waals surface area contributed by atoms with Crippen LogP contribution in [0.5, 0.6) is 5.75 Å². The SMILES string of the molecule is COc1cc(CC(=O)Cc2cc(Br)ncc2F)c(F)cc1C(C)(C)C. The summed E-state index contributed by atoms with van der Waals surface area (Å²) in [7, 11) is 1.51. The Morgan fingerprint density at radius 1 is 1.12 bits per heavy atom. The van der Waals surface area contributed by atoms with Gasteiger partial charge in [0.1, 0.15) is 27.8 Å². The monoisotopic (exact) mass is 411 g/mol. The lowest BCUT2D eigenvalue weighted by atomic mass is 9.85. The summed E-state index contributed by atoms with van der Waals surface area (Å²) in [4.78, 5) is 16.0. The summed E-state index contributed by atoms with van der Waals surface area (Å²) < 4.78 is 34.0. The van der Waals surface area contributed by atoms with E-state index < -0.39 is 11.6 Å². The lowest BCUT2D eigenvalue weighted by Crippen LogP contribution is -2.15. The van der Waals surface area contributed by atoms with Crippen LogP contribution in [0, 0.1) is 11.6 Å². The molecule has 1 aromatic heterocycles. The minimum atomic E-state index is -0.558. The first-order valence-electron chi connectivity index (χ1n) is 7.80. The molecule has 0 aliphatic heterocycles. The minimum absolute atomic E-state index is 0.129. The first kappa shape index (κ1) is 19.5. The average Bonchev–Trinajstić information content (AvgIpc) is 2.51. The Morgan fingerprint density at radius 2 is 1.72 bits per heavy atom. The third-order valence-corrected chi connectivity index (χ3v) is 4.29. The van der Waals surface area contributed by atoms with Crippen LogP contribution in [0.1, 0.15) is 37.5 Å². The molecule has 1 aromatic carbocycles. The van der Waals surface area contributed by atoms with Gasteiger partial charge in [-0.15, -0.1) is 0 Å². The molecule has 0 atom stereocenters. The van der Waals surface area contributed by atoms with Gasteiger partial charge in [0.15, 0.2) is 0 Å². The lowest BCUT2D eigenvalue weighted by molar-refractivity contribution is -0.117. The van der Waals surface area contributed by atoms with Gasteiger partial charge in [-0.2, -0.15) is 0 Å². The normalized spacial score (nSPS) is 11.5. The number of Topliss-reactive ketones (excluding diaryl/α,β-unsaturated/α-hetero) is 1. The minimum Gasteiger partial charge on any atom is -0.496 e. The Bertz CT molecular complexity index is 801. The molecule has 0 N–H and O–H groups in total. The maximum absolute atomic E-state index is 14.4. The van der Waals surface area contributed by atoms with Gasteiger partial charge in [0.2, 0.25) is 0 Å². The lowest BCUT2D eigenvalue weighted by Gasteiger charge is -2.23. The van der Waals surface area contributed by atoms with E-state index in [2.05, 4.69) is 20.9 Å². The van der Waals surface area contributed by atoms with Crippen molar-refractivity contribution in [2.45, 2.75) is 39.0 Å². The molecule has 3 nitrogen and oxygen atoms in total. The predicted octanol–water partition coefficient (Wildman–Crippen LogP) is 4.78. The van der Waals surface area contributed by atoms with Crippen molar-refractivity contribution in [3.8, 4) is 5.75 Å². The molecule has 0 aliphatic carbocycles. The Balaban J connectivity index is 2.25. The molecule has 1 heterocycles. The number of halogens is 3. The fourth-order valence-electron chi connectivity index (χ4n) is 2.56. The van der Waals surface area contributed by atoms with Crippen LogP contribution in [0.25, 0.3) is 0 Å². The maximum atomic E-state index is 14.4. The molecular weight excluding hydrogens is 392 g/mol. The number of benzene rings is 1. The van der Waals surface area contributed by atoms with Crippen LogP contribution >= 0.6 is 15.9 Å². The standard InChI is InChI=1S/C19H20BrF2NO2/c1-19(2,3)14-9-15(21)11(7-17(14)25-4)5-13(24)6-12-8-18(20)23-10-16(12)22/h7-10H,5-6H2,1-4H3. The number of hydrogen-bond acceptors (Lipinski definition) is 3. The van der Waals surface area contributed by atoms with Crippen molar-refractivity contribution in [1.82, 2.24) is 4.98 Å². The van der Waals surface area contributed by atoms with Gasteiger partial charge in [-0.05, 0) is 50.7 Å². The Kier molecular flexibility index (Phi) is 5.93. The van der Waals surface area contributed by atoms with Crippen LogP contribution < -0.4 is 4.74 Å². The molecule has 0 amide bonds. The number of ether oxygens (including phenoxy) is 1. The molecule has 0 bridgehead atoms. The van der Waals surface area contributed by atoms with E-state index in [0.29, 0.717) is 10.4 Å². The number of nitrogens with zero attached hydrogens (tertiary/aromatic N) is 1. The summed E-state index contributed by atoms with van der Waals surface area (Å²) in [6.45, 7) is 5.87. The van der Waals surface area contributed by atoms with Crippen LogP contribution in [0.15, 0.2) is 29.0 Å². The van der Waals surface area contributed by atoms with Gasteiger partial charge in [0, 0.05) is 18.4 Å². The van der Waals surface area contributed by atoms with Crippen molar-refractivity contribution in [3.63, 3.8) is 0 Å². The number of carbonyl (C=O) groups is 1. The summed E-state index contributed by atoms with van der Waals surface area (Å²) in [5.74, 6) is -0.774. The highest BCUT2D eigenvalue weighted by atomic mass is 79.9. The van der Waals surface area contributed by atoms with Gasteiger partial charge in [-0.1, -0.05) is 20.8 Å². The zero-order valence-corrected chi connectivity index (χ0v) is 16.2. The number of methoxy groups -OCH3 is 1. The van der Waals surface area contributed by atoms with Crippen LogP contribution in [0.3, 0.4) is 0 Å². The van der Waals surface area contributed by atoms with E-state index >= 15 is 0 Å². The van der Waals surface area contributed by atoms with Gasteiger partial charge in [0.05, 0.1) is 13.3 Å². The summed E-state index contributed by atoms with van der Waals surface area (Å²) in [5, 5.41) is 0. The molecule has 0 fully saturated rings. The van der Waals surface area contributed by atoms with E-state index in [1.807, 2.05) is 20.8 Å². The van der Waals surface area contributed by atoms with Crippen molar-refractivity contribution < 1.29 is 18.3 Å². The van der Waals surface area contributed by atoms with E-state index in [0.717, 1.165) is 11.8 Å². The van der Waals surface area contributed by atoms with Gasteiger partial charge >= 0.3 is 0 Å². The third kappa shape index (κ3) is 4.84. The predicted molar refractivity (Wildman–Crippen MR) is 96.0 cm³/mol. The first-order chi connectivity index (χ1) is 11.6. The highest BCUT2D eigenvalue weighted by Gasteiger charge is 2.22. The maximum Gasteiger partial charge on any atom is 0.145 e. The van der Waals surface area contributed by atoms with E-state index in [1.165, 1.54) is 19.2 Å². The molecule has 0 spiro atoms. The Hall–Kier alpha value is -1.82. The highest BCUT2D eigenvalue weighted by Crippen LogP contribution is 2.33. The van der Waals surface area contributed by atoms with Crippen LogP contribution in [0.2, 0.25) is 0 Å². The summed E-state index contributed by atoms with van der Waals surface area (Å²) in [6.07, 6.45) is 0.788. The average molecular weight is 412 g/mol. The second-order valence-electron chi connectivity index (χ2n) is 6.88. The van der Waals surface area contributed by atoms with E-state index in [4.69, 9.17) is 4.74 Å². The van der Waals surface area contributed by atoms with Crippen molar-refractivity contribution in [1.29, 1.82) is 0 Å². The number of hydrogen-bond donors (Lipinski definition) is 0. The number of ketones is 1. The van der Waals surface area contributed by atoms with Crippen LogP contribution in [-0.4, -0.2) is 17.9 Å². The summed E-state index contributed by atoms with van der Waals surface area (Å²) in [5.41, 5.74) is 0.906. The fourth-order valence-corrected chi connectivity index (χ4v) is 2.94. The van der Waals surface area contributed by atoms with E-state index in [1.54, 1.807) is 6.07 Å². The molecule has 25 heavy (non-hydrogen) atoms. The van der Waals surface area contributed by atoms with Crippen LogP contribution in [0.4, 0.5) is 8.78 Å². The van der Waals surface area contributed by atoms with Crippen LogP contribution in [-0.2, 0) is 23.1 Å². The zero-order chi connectivity index (χ0) is 18.8. The second kappa shape index (κ2) is 7.60. The van der Waals surface area contributed by atoms with Gasteiger partial charge in [-0.3, -0.25) is 4.79 Å². The molecule has 0 aliphatic rings. The topological polar surface area (TPSA) is 39.2 Å². The molecule has 2 rings (SSSR count). The van der Waals surface area contributed by atoms with Crippen molar-refractivity contribution in [2.75, 3.05) is 7.11 Å². The zero-order valence-electron chi connectivity index (χ0n) is 14.6. The molecule has 2 aromatic rings. The second-order valence-corrected chi connectivity index (χ2v) is 7.70. The van der Waals surface area contributed by atoms with E-state index in [-0.39, 0.29) is 35.2 Å². The molecule has 0 saturated carbocycles. The molecule has 0 saturated heterocycles. The van der Waals surface area contributed by atoms with Crippen molar-refractivity contribution >= 4 is 21.7 Å². The molecule has 6 heteroatoms. The Morgan fingerprint density at radius 3 is 2.28 bits per heavy atom. The highest BCUT2D eigenvalue weighted by molar-refractivity contribution is 9.10. The number of rotatable bonds is 5. The number of pyridine rings is 1. The van der Waals surface area contributed by atoms with Gasteiger partial charge in [-0.25, -0.2) is 13.8 Å². The Labute approximate surface area is 154 Å². The molecule has 0 radical (unpaired) electrons.